The van der Waals surface area contributed by atoms with Gasteiger partial charge in [-0.3, -0.25) is 5.43 Å². The van der Waals surface area contributed by atoms with E-state index in [1.165, 1.54) is 18.4 Å². The maximum atomic E-state index is 5.48. The Bertz CT molecular complexity index is 357. The van der Waals surface area contributed by atoms with Crippen LogP contribution in [0.3, 0.4) is 0 Å². The van der Waals surface area contributed by atoms with Gasteiger partial charge in [0.15, 0.2) is 0 Å². The molecule has 1 aromatic carbocycles. The molecule has 16 heavy (non-hydrogen) atoms. The number of hydrogen-bond donors (Lipinski definition) is 2. The number of rotatable bonds is 3. The molecule has 0 unspecified atom stereocenters. The van der Waals surface area contributed by atoms with Crippen molar-refractivity contribution < 1.29 is 0 Å². The fourth-order valence-corrected chi connectivity index (χ4v) is 1.55. The zero-order chi connectivity index (χ0) is 11.4. The zero-order valence-corrected chi connectivity index (χ0v) is 9.56. The van der Waals surface area contributed by atoms with Crippen LogP contribution in [0.25, 0.3) is 0 Å². The number of guanidine groups is 1. The summed E-state index contributed by atoms with van der Waals surface area (Å²) in [7, 11) is 1.99. The average Bonchev–Trinajstić information content (AvgIpc) is 3.11. The standard InChI is InChI=1S/C12H18N4/c1-16(9-10-5-3-2-4-6-10)12(15-13)14-11-7-8-11/h2-6,11H,7-9,13H2,1H3,(H,14,15). The molecule has 1 aromatic rings. The van der Waals surface area contributed by atoms with E-state index in [2.05, 4.69) is 22.6 Å². The number of hydrazine groups is 1. The summed E-state index contributed by atoms with van der Waals surface area (Å²) in [6.07, 6.45) is 2.37. The molecular formula is C12H18N4. The summed E-state index contributed by atoms with van der Waals surface area (Å²) in [5.41, 5.74) is 3.92. The molecule has 3 N–H and O–H groups in total. The quantitative estimate of drug-likeness (QED) is 0.346. The highest BCUT2D eigenvalue weighted by Crippen LogP contribution is 2.23. The summed E-state index contributed by atoms with van der Waals surface area (Å²) in [5.74, 6) is 6.25. The van der Waals surface area contributed by atoms with E-state index in [0.717, 1.165) is 12.5 Å². The van der Waals surface area contributed by atoms with Gasteiger partial charge in [-0.15, -0.1) is 0 Å². The lowest BCUT2D eigenvalue weighted by Crippen LogP contribution is -2.42. The number of nitrogens with one attached hydrogen (secondary N) is 1. The number of benzene rings is 1. The molecule has 0 aromatic heterocycles. The van der Waals surface area contributed by atoms with E-state index in [4.69, 9.17) is 5.84 Å². The van der Waals surface area contributed by atoms with Crippen LogP contribution >= 0.6 is 0 Å². The van der Waals surface area contributed by atoms with Crippen molar-refractivity contribution >= 4 is 5.96 Å². The number of nitrogens with zero attached hydrogens (tertiary/aromatic N) is 2. The summed E-state index contributed by atoms with van der Waals surface area (Å²) in [6, 6.07) is 10.8. The van der Waals surface area contributed by atoms with E-state index in [-0.39, 0.29) is 0 Å². The van der Waals surface area contributed by atoms with Gasteiger partial charge in [0.1, 0.15) is 0 Å². The highest BCUT2D eigenvalue weighted by atomic mass is 15.4. The van der Waals surface area contributed by atoms with Crippen molar-refractivity contribution in [2.75, 3.05) is 7.05 Å². The minimum atomic E-state index is 0.476. The predicted molar refractivity (Wildman–Crippen MR) is 65.7 cm³/mol. The molecule has 4 nitrogen and oxygen atoms in total. The van der Waals surface area contributed by atoms with Crippen molar-refractivity contribution in [2.24, 2.45) is 10.8 Å². The van der Waals surface area contributed by atoms with E-state index in [1.54, 1.807) is 0 Å². The first-order valence-corrected chi connectivity index (χ1v) is 5.59. The molecule has 0 radical (unpaired) electrons. The van der Waals surface area contributed by atoms with Crippen molar-refractivity contribution in [3.8, 4) is 0 Å². The lowest BCUT2D eigenvalue weighted by Gasteiger charge is -2.20. The molecule has 0 spiro atoms. The summed E-state index contributed by atoms with van der Waals surface area (Å²) >= 11 is 0. The van der Waals surface area contributed by atoms with Crippen LogP contribution in [-0.4, -0.2) is 23.9 Å². The third-order valence-corrected chi connectivity index (χ3v) is 2.60. The van der Waals surface area contributed by atoms with Gasteiger partial charge in [-0.05, 0) is 18.4 Å². The van der Waals surface area contributed by atoms with E-state index in [0.29, 0.717) is 6.04 Å². The largest absolute Gasteiger partial charge is 0.341 e. The van der Waals surface area contributed by atoms with Crippen LogP contribution in [-0.2, 0) is 6.54 Å². The first-order valence-electron chi connectivity index (χ1n) is 5.59. The fourth-order valence-electron chi connectivity index (χ4n) is 1.55. The molecule has 0 bridgehead atoms. The van der Waals surface area contributed by atoms with Crippen LogP contribution < -0.4 is 11.3 Å². The molecular weight excluding hydrogens is 200 g/mol. The summed E-state index contributed by atoms with van der Waals surface area (Å²) in [6.45, 7) is 0.816. The molecule has 4 heteroatoms. The first kappa shape index (κ1) is 11.0. The Kier molecular flexibility index (Phi) is 3.41. The van der Waals surface area contributed by atoms with E-state index < -0.39 is 0 Å². The molecule has 0 aliphatic heterocycles. The second-order valence-corrected chi connectivity index (χ2v) is 4.17. The van der Waals surface area contributed by atoms with Gasteiger partial charge in [-0.2, -0.15) is 0 Å². The van der Waals surface area contributed by atoms with Crippen LogP contribution in [0.15, 0.2) is 35.3 Å². The van der Waals surface area contributed by atoms with Crippen LogP contribution in [0.2, 0.25) is 0 Å². The molecule has 0 atom stereocenters. The van der Waals surface area contributed by atoms with Gasteiger partial charge < -0.3 is 4.90 Å². The molecule has 0 saturated heterocycles. The summed E-state index contributed by atoms with van der Waals surface area (Å²) < 4.78 is 0. The van der Waals surface area contributed by atoms with Crippen molar-refractivity contribution in [3.05, 3.63) is 35.9 Å². The number of nitrogens with two attached hydrogens (primary N) is 1. The molecule has 0 heterocycles. The van der Waals surface area contributed by atoms with Crippen LogP contribution in [0, 0.1) is 0 Å². The monoisotopic (exact) mass is 218 g/mol. The Balaban J connectivity index is 1.98. The molecule has 1 fully saturated rings. The molecule has 1 aliphatic rings. The SMILES string of the molecule is CN(Cc1ccccc1)C(=NC1CC1)NN. The van der Waals surface area contributed by atoms with Gasteiger partial charge in [-0.1, -0.05) is 30.3 Å². The number of hydrogen-bond acceptors (Lipinski definition) is 2. The maximum absolute atomic E-state index is 5.48. The maximum Gasteiger partial charge on any atom is 0.208 e. The Morgan fingerprint density at radius 2 is 2.12 bits per heavy atom. The van der Waals surface area contributed by atoms with Gasteiger partial charge in [0, 0.05) is 13.6 Å². The lowest BCUT2D eigenvalue weighted by atomic mass is 10.2. The second kappa shape index (κ2) is 4.99. The molecule has 86 valence electrons. The van der Waals surface area contributed by atoms with Crippen LogP contribution in [0.5, 0.6) is 0 Å². The molecule has 0 amide bonds. The van der Waals surface area contributed by atoms with E-state index in [1.807, 2.05) is 30.1 Å². The smallest absolute Gasteiger partial charge is 0.208 e. The topological polar surface area (TPSA) is 53.6 Å². The van der Waals surface area contributed by atoms with Crippen molar-refractivity contribution in [1.82, 2.24) is 10.3 Å². The summed E-state index contributed by atoms with van der Waals surface area (Å²) in [4.78, 5) is 6.54. The van der Waals surface area contributed by atoms with E-state index in [9.17, 15) is 0 Å². The van der Waals surface area contributed by atoms with Gasteiger partial charge in [0.25, 0.3) is 0 Å². The molecule has 2 rings (SSSR count). The lowest BCUT2D eigenvalue weighted by molar-refractivity contribution is 0.476. The average molecular weight is 218 g/mol. The Morgan fingerprint density at radius 1 is 1.44 bits per heavy atom. The molecule has 1 saturated carbocycles. The van der Waals surface area contributed by atoms with Gasteiger partial charge in [0.05, 0.1) is 6.04 Å². The van der Waals surface area contributed by atoms with Gasteiger partial charge >= 0.3 is 0 Å². The van der Waals surface area contributed by atoms with Crippen molar-refractivity contribution in [3.63, 3.8) is 0 Å². The Labute approximate surface area is 96.1 Å². The minimum absolute atomic E-state index is 0.476. The molecule has 1 aliphatic carbocycles. The van der Waals surface area contributed by atoms with Gasteiger partial charge in [-0.25, -0.2) is 10.8 Å². The highest BCUT2D eigenvalue weighted by Gasteiger charge is 2.21. The van der Waals surface area contributed by atoms with Gasteiger partial charge in [0.2, 0.25) is 5.96 Å². The normalized spacial score (nSPS) is 16.0. The minimum Gasteiger partial charge on any atom is -0.341 e. The third kappa shape index (κ3) is 2.97. The zero-order valence-electron chi connectivity index (χ0n) is 9.56. The predicted octanol–water partition coefficient (Wildman–Crippen LogP) is 1.10. The first-order chi connectivity index (χ1) is 7.79. The fraction of sp³-hybridized carbons (Fsp3) is 0.417. The Hall–Kier alpha value is -1.55. The number of aliphatic imine (C=N–C) groups is 1. The third-order valence-electron chi connectivity index (χ3n) is 2.60. The highest BCUT2D eigenvalue weighted by molar-refractivity contribution is 5.79. The van der Waals surface area contributed by atoms with Crippen molar-refractivity contribution in [1.29, 1.82) is 0 Å². The van der Waals surface area contributed by atoms with E-state index >= 15 is 0 Å². The van der Waals surface area contributed by atoms with Crippen LogP contribution in [0.1, 0.15) is 18.4 Å². The van der Waals surface area contributed by atoms with Crippen molar-refractivity contribution in [2.45, 2.75) is 25.4 Å². The summed E-state index contributed by atoms with van der Waals surface area (Å²) in [5, 5.41) is 0. The second-order valence-electron chi connectivity index (χ2n) is 4.17. The Morgan fingerprint density at radius 3 is 2.69 bits per heavy atom. The van der Waals surface area contributed by atoms with Crippen LogP contribution in [0.4, 0.5) is 0 Å².